The molecule has 16 heavy (non-hydrogen) atoms. The molecule has 0 aliphatic carbocycles. The number of rotatable bonds is 3. The molecule has 0 amide bonds. The van der Waals surface area contributed by atoms with Crippen LogP contribution in [0.25, 0.3) is 0 Å². The van der Waals surface area contributed by atoms with Crippen molar-refractivity contribution in [3.05, 3.63) is 0 Å². The van der Waals surface area contributed by atoms with E-state index in [2.05, 4.69) is 4.18 Å². The summed E-state index contributed by atoms with van der Waals surface area (Å²) in [6.45, 7) is -0.721. The van der Waals surface area contributed by atoms with E-state index in [1.165, 1.54) is 0 Å². The van der Waals surface area contributed by atoms with Crippen LogP contribution in [0.1, 0.15) is 0 Å². The van der Waals surface area contributed by atoms with Gasteiger partial charge in [-0.05, 0) is 0 Å². The number of aliphatic hydroxyl groups is 3. The zero-order valence-electron chi connectivity index (χ0n) is 8.00. The zero-order chi connectivity index (χ0) is 12.5. The van der Waals surface area contributed by atoms with Crippen molar-refractivity contribution in [1.82, 2.24) is 0 Å². The molecule has 1 aliphatic heterocycles. The van der Waals surface area contributed by atoms with Crippen LogP contribution in [0, 0.1) is 0 Å². The summed E-state index contributed by atoms with van der Waals surface area (Å²) in [7, 11) is -4.83. The molecule has 1 rings (SSSR count). The van der Waals surface area contributed by atoms with E-state index >= 15 is 0 Å². The van der Waals surface area contributed by atoms with Crippen molar-refractivity contribution in [1.29, 1.82) is 0 Å². The van der Waals surface area contributed by atoms with E-state index in [9.17, 15) is 18.6 Å². The Labute approximate surface area is 91.3 Å². The molecular weight excluding hydrogens is 246 g/mol. The van der Waals surface area contributed by atoms with Crippen LogP contribution in [0.4, 0.5) is 0 Å². The molecule has 0 aromatic rings. The molecule has 0 aromatic heterocycles. The monoisotopic (exact) mass is 259 g/mol. The van der Waals surface area contributed by atoms with Gasteiger partial charge in [-0.2, -0.15) is 8.42 Å². The van der Waals surface area contributed by atoms with Gasteiger partial charge in [0.2, 0.25) is 0 Å². The second-order valence-corrected chi connectivity index (χ2v) is 4.35. The number of hydrogen-bond donors (Lipinski definition) is 5. The summed E-state index contributed by atoms with van der Waals surface area (Å²) in [5.74, 6) is 0. The molecule has 0 radical (unpaired) electrons. The predicted octanol–water partition coefficient (Wildman–Crippen LogP) is -3.43. The first-order chi connectivity index (χ1) is 7.26. The Hall–Kier alpha value is -0.330. The lowest BCUT2D eigenvalue weighted by Gasteiger charge is -2.39. The van der Waals surface area contributed by atoms with Crippen LogP contribution >= 0.6 is 0 Å². The second kappa shape index (κ2) is 4.89. The molecule has 10 heteroatoms. The van der Waals surface area contributed by atoms with Crippen molar-refractivity contribution >= 4 is 10.4 Å². The normalized spacial score (nSPS) is 40.9. The average molecular weight is 259 g/mol. The molecule has 0 bridgehead atoms. The highest BCUT2D eigenvalue weighted by Crippen LogP contribution is 2.22. The molecule has 0 spiro atoms. The van der Waals surface area contributed by atoms with Crippen LogP contribution < -0.4 is 5.73 Å². The fourth-order valence-corrected chi connectivity index (χ4v) is 1.88. The molecule has 1 unspecified atom stereocenters. The largest absolute Gasteiger partial charge is 0.397 e. The van der Waals surface area contributed by atoms with Crippen LogP contribution in [0.3, 0.4) is 0 Å². The summed E-state index contributed by atoms with van der Waals surface area (Å²) in [5.41, 5.74) is 5.28. The SMILES string of the molecule is N[C@@H]1C(O)O[C@H](CO)[C@@H](OS(=O)(=O)O)[C@@H]1O. The van der Waals surface area contributed by atoms with Gasteiger partial charge in [-0.1, -0.05) is 0 Å². The van der Waals surface area contributed by atoms with Crippen LogP contribution in [0.2, 0.25) is 0 Å². The van der Waals surface area contributed by atoms with E-state index in [-0.39, 0.29) is 0 Å². The summed E-state index contributed by atoms with van der Waals surface area (Å²) >= 11 is 0. The Morgan fingerprint density at radius 1 is 1.38 bits per heavy atom. The van der Waals surface area contributed by atoms with Crippen molar-refractivity contribution in [2.75, 3.05) is 6.61 Å². The minimum Gasteiger partial charge on any atom is -0.394 e. The van der Waals surface area contributed by atoms with Crippen molar-refractivity contribution in [2.24, 2.45) is 5.73 Å². The zero-order valence-corrected chi connectivity index (χ0v) is 8.82. The Kier molecular flexibility index (Phi) is 4.20. The number of aliphatic hydroxyl groups excluding tert-OH is 3. The highest BCUT2D eigenvalue weighted by atomic mass is 32.3. The third kappa shape index (κ3) is 3.09. The highest BCUT2D eigenvalue weighted by Gasteiger charge is 2.45. The maximum absolute atomic E-state index is 10.5. The van der Waals surface area contributed by atoms with Gasteiger partial charge in [0.15, 0.2) is 6.29 Å². The lowest BCUT2D eigenvalue weighted by molar-refractivity contribution is -0.243. The first-order valence-electron chi connectivity index (χ1n) is 4.30. The summed E-state index contributed by atoms with van der Waals surface area (Å²) in [4.78, 5) is 0. The smallest absolute Gasteiger partial charge is 0.394 e. The third-order valence-electron chi connectivity index (χ3n) is 2.15. The molecule has 1 heterocycles. The molecule has 1 fully saturated rings. The van der Waals surface area contributed by atoms with Gasteiger partial charge in [0.1, 0.15) is 18.3 Å². The van der Waals surface area contributed by atoms with Crippen LogP contribution in [-0.4, -0.2) is 65.5 Å². The fourth-order valence-electron chi connectivity index (χ4n) is 1.36. The lowest BCUT2D eigenvalue weighted by atomic mass is 9.98. The molecule has 9 nitrogen and oxygen atoms in total. The molecule has 6 N–H and O–H groups in total. The first kappa shape index (κ1) is 13.7. The molecule has 96 valence electrons. The van der Waals surface area contributed by atoms with Crippen molar-refractivity contribution < 1.29 is 37.2 Å². The standard InChI is InChI=1S/C6H13NO8S/c7-3-4(9)5(15-16(11,12)13)2(1-8)14-6(3)10/h2-6,8-10H,1,7H2,(H,11,12,13)/t2-,3+,4-,5-,6?/m1/s1. The maximum atomic E-state index is 10.5. The molecular formula is C6H13NO8S. The number of ether oxygens (including phenoxy) is 1. The molecule has 1 aliphatic rings. The molecule has 1 saturated heterocycles. The highest BCUT2D eigenvalue weighted by molar-refractivity contribution is 7.80. The van der Waals surface area contributed by atoms with Gasteiger partial charge >= 0.3 is 10.4 Å². The summed E-state index contributed by atoms with van der Waals surface area (Å²) in [6, 6.07) is -1.31. The Bertz CT molecular complexity index is 329. The fraction of sp³-hybridized carbons (Fsp3) is 1.00. The lowest BCUT2D eigenvalue weighted by Crippen LogP contribution is -2.62. The van der Waals surface area contributed by atoms with E-state index in [4.69, 9.17) is 20.1 Å². The summed E-state index contributed by atoms with van der Waals surface area (Å²) < 4.78 is 38.2. The van der Waals surface area contributed by atoms with E-state index < -0.39 is 47.6 Å². The van der Waals surface area contributed by atoms with Crippen molar-refractivity contribution in [2.45, 2.75) is 30.6 Å². The number of hydrogen-bond acceptors (Lipinski definition) is 8. The van der Waals surface area contributed by atoms with Gasteiger partial charge in [-0.25, -0.2) is 4.18 Å². The van der Waals surface area contributed by atoms with Crippen molar-refractivity contribution in [3.63, 3.8) is 0 Å². The Balaban J connectivity index is 2.85. The topological polar surface area (TPSA) is 160 Å². The molecule has 5 atom stereocenters. The second-order valence-electron chi connectivity index (χ2n) is 3.30. The Morgan fingerprint density at radius 2 is 1.94 bits per heavy atom. The van der Waals surface area contributed by atoms with Crippen LogP contribution in [0.5, 0.6) is 0 Å². The third-order valence-corrected chi connectivity index (χ3v) is 2.62. The van der Waals surface area contributed by atoms with E-state index in [1.54, 1.807) is 0 Å². The van der Waals surface area contributed by atoms with Crippen LogP contribution in [0.15, 0.2) is 0 Å². The number of nitrogens with two attached hydrogens (primary N) is 1. The maximum Gasteiger partial charge on any atom is 0.397 e. The van der Waals surface area contributed by atoms with Crippen LogP contribution in [-0.2, 0) is 19.3 Å². The van der Waals surface area contributed by atoms with Gasteiger partial charge in [0, 0.05) is 0 Å². The van der Waals surface area contributed by atoms with Gasteiger partial charge in [-0.15, -0.1) is 0 Å². The Morgan fingerprint density at radius 3 is 2.38 bits per heavy atom. The predicted molar refractivity (Wildman–Crippen MR) is 48.4 cm³/mol. The molecule has 0 saturated carbocycles. The van der Waals surface area contributed by atoms with E-state index in [0.29, 0.717) is 0 Å². The van der Waals surface area contributed by atoms with Gasteiger partial charge in [0.05, 0.1) is 12.6 Å². The quantitative estimate of drug-likeness (QED) is 0.325. The average Bonchev–Trinajstić information content (AvgIpc) is 2.17. The first-order valence-corrected chi connectivity index (χ1v) is 5.66. The van der Waals surface area contributed by atoms with E-state index in [1.807, 2.05) is 0 Å². The van der Waals surface area contributed by atoms with Gasteiger partial charge < -0.3 is 25.8 Å². The minimum absolute atomic E-state index is 0.721. The molecule has 0 aromatic carbocycles. The minimum atomic E-state index is -4.83. The van der Waals surface area contributed by atoms with Gasteiger partial charge in [0.25, 0.3) is 0 Å². The van der Waals surface area contributed by atoms with E-state index in [0.717, 1.165) is 0 Å². The van der Waals surface area contributed by atoms with Crippen molar-refractivity contribution in [3.8, 4) is 0 Å². The summed E-state index contributed by atoms with van der Waals surface area (Å²) in [6.07, 6.45) is -6.07. The summed E-state index contributed by atoms with van der Waals surface area (Å²) in [5, 5.41) is 27.5. The van der Waals surface area contributed by atoms with Gasteiger partial charge in [-0.3, -0.25) is 4.55 Å².